The van der Waals surface area contributed by atoms with Crippen LogP contribution in [0, 0.1) is 0 Å². The molecule has 2 aliphatic heterocycles. The Kier molecular flexibility index (Phi) is 7.63. The first-order valence-electron chi connectivity index (χ1n) is 10.3. The van der Waals surface area contributed by atoms with Crippen molar-refractivity contribution >= 4 is 22.9 Å². The first-order chi connectivity index (χ1) is 15.3. The molecule has 0 bridgehead atoms. The van der Waals surface area contributed by atoms with E-state index in [4.69, 9.17) is 33.1 Å². The Hall–Kier alpha value is -2.33. The molecule has 9 heteroatoms. The highest BCUT2D eigenvalue weighted by molar-refractivity contribution is 7.99. The van der Waals surface area contributed by atoms with E-state index in [-0.39, 0.29) is 30.1 Å². The minimum absolute atomic E-state index is 0.121. The Labute approximate surface area is 184 Å². The molecule has 0 fully saturated rings. The first-order valence-corrected chi connectivity index (χ1v) is 11.3. The predicted octanol–water partition coefficient (Wildman–Crippen LogP) is 3.23. The molecule has 0 N–H and O–H groups in total. The lowest BCUT2D eigenvalue weighted by Gasteiger charge is -2.19. The number of hydrogen-bond acceptors (Lipinski definition) is 9. The van der Waals surface area contributed by atoms with Gasteiger partial charge in [0.2, 0.25) is 11.2 Å². The van der Waals surface area contributed by atoms with Crippen LogP contribution in [0.25, 0.3) is 22.6 Å². The Morgan fingerprint density at radius 2 is 1.48 bits per heavy atom. The van der Waals surface area contributed by atoms with Crippen LogP contribution in [0.4, 0.5) is 0 Å². The van der Waals surface area contributed by atoms with Crippen molar-refractivity contribution in [3.63, 3.8) is 0 Å². The molecule has 8 nitrogen and oxygen atoms in total. The van der Waals surface area contributed by atoms with Crippen molar-refractivity contribution in [2.45, 2.75) is 11.8 Å². The fourth-order valence-electron chi connectivity index (χ4n) is 3.18. The van der Waals surface area contributed by atoms with Gasteiger partial charge in [-0.05, 0) is 17.9 Å². The second-order valence-corrected chi connectivity index (χ2v) is 7.92. The third kappa shape index (κ3) is 5.12. The average Bonchev–Trinajstić information content (AvgIpc) is 2.80. The molecule has 3 aliphatic rings. The molecule has 0 aromatic heterocycles. The van der Waals surface area contributed by atoms with Gasteiger partial charge < -0.3 is 28.1 Å². The lowest BCUT2D eigenvalue weighted by Crippen LogP contribution is -2.19. The van der Waals surface area contributed by atoms with E-state index in [0.29, 0.717) is 72.8 Å². The van der Waals surface area contributed by atoms with Gasteiger partial charge in [-0.25, -0.2) is 4.98 Å². The Morgan fingerprint density at radius 3 is 2.16 bits per heavy atom. The molecule has 166 valence electrons. The van der Waals surface area contributed by atoms with E-state index < -0.39 is 0 Å². The minimum atomic E-state index is -0.274. The van der Waals surface area contributed by atoms with Crippen molar-refractivity contribution < 1.29 is 28.1 Å². The van der Waals surface area contributed by atoms with Crippen LogP contribution in [0.5, 0.6) is 11.5 Å². The number of benzene rings is 2. The molecule has 0 amide bonds. The number of ether oxygens (including phenoxy) is 5. The van der Waals surface area contributed by atoms with Crippen molar-refractivity contribution in [3.8, 4) is 23.0 Å². The van der Waals surface area contributed by atoms with Crippen LogP contribution in [0.1, 0.15) is 6.92 Å². The minimum Gasteiger partial charge on any atom is -0.485 e. The number of thioether (sulfide) groups is 1. The summed E-state index contributed by atoms with van der Waals surface area (Å²) in [4.78, 5) is 18.6. The van der Waals surface area contributed by atoms with Crippen LogP contribution in [0.2, 0.25) is 0 Å². The van der Waals surface area contributed by atoms with Crippen molar-refractivity contribution in [1.29, 1.82) is 0 Å². The van der Waals surface area contributed by atoms with Gasteiger partial charge in [-0.2, -0.15) is 0 Å². The van der Waals surface area contributed by atoms with Gasteiger partial charge in [-0.15, -0.1) is 11.8 Å². The molecule has 2 heterocycles. The molecule has 0 saturated heterocycles. The zero-order chi connectivity index (χ0) is 21.5. The molecule has 1 aromatic rings. The maximum Gasteiger partial charge on any atom is 0.241 e. The van der Waals surface area contributed by atoms with E-state index in [9.17, 15) is 4.79 Å². The summed E-state index contributed by atoms with van der Waals surface area (Å²) in [5.74, 6) is 1.49. The molecule has 0 radical (unpaired) electrons. The van der Waals surface area contributed by atoms with Gasteiger partial charge >= 0.3 is 0 Å². The number of rotatable bonds is 2. The molecule has 0 unspecified atom stereocenters. The zero-order valence-corrected chi connectivity index (χ0v) is 18.2. The highest BCUT2D eigenvalue weighted by atomic mass is 32.2. The monoisotopic (exact) mass is 447 g/mol. The van der Waals surface area contributed by atoms with Crippen LogP contribution in [-0.2, 0) is 14.2 Å². The van der Waals surface area contributed by atoms with Crippen molar-refractivity contribution in [3.05, 3.63) is 34.5 Å². The standard InChI is InChI=1S/C22H25NO7S/c1-2-31-22-18(24)21-19(17-20(22)30-16-6-4-3-5-15(16)23-17)28-13-11-26-9-7-25-8-10-27-12-14-29-21/h3-6H,2,7-14H2,1H3. The summed E-state index contributed by atoms with van der Waals surface area (Å²) in [5.41, 5.74) is 1.45. The molecule has 1 aromatic carbocycles. The summed E-state index contributed by atoms with van der Waals surface area (Å²) in [7, 11) is 0. The van der Waals surface area contributed by atoms with E-state index in [1.165, 1.54) is 11.8 Å². The van der Waals surface area contributed by atoms with E-state index in [0.717, 1.165) is 0 Å². The van der Waals surface area contributed by atoms with E-state index in [1.54, 1.807) is 0 Å². The summed E-state index contributed by atoms with van der Waals surface area (Å²) in [6, 6.07) is 7.43. The van der Waals surface area contributed by atoms with Gasteiger partial charge in [0.05, 0.1) is 39.6 Å². The molecular weight excluding hydrogens is 422 g/mol. The fraction of sp³-hybridized carbons (Fsp3) is 0.455. The molecule has 31 heavy (non-hydrogen) atoms. The number of hydrogen-bond donors (Lipinski definition) is 0. The number of aromatic nitrogens is 1. The lowest BCUT2D eigenvalue weighted by molar-refractivity contribution is 0.00706. The van der Waals surface area contributed by atoms with Gasteiger partial charge in [0.25, 0.3) is 0 Å². The third-order valence-electron chi connectivity index (χ3n) is 4.55. The second-order valence-electron chi connectivity index (χ2n) is 6.64. The average molecular weight is 448 g/mol. The number of nitrogens with zero attached hydrogens (tertiary/aromatic N) is 1. The summed E-state index contributed by atoms with van der Waals surface area (Å²) < 4.78 is 34.4. The molecule has 0 saturated carbocycles. The summed E-state index contributed by atoms with van der Waals surface area (Å²) in [6.45, 7) is 4.92. The van der Waals surface area contributed by atoms with Gasteiger partial charge in [0.1, 0.15) is 23.6 Å². The smallest absolute Gasteiger partial charge is 0.241 e. The highest BCUT2D eigenvalue weighted by Crippen LogP contribution is 2.42. The van der Waals surface area contributed by atoms with Crippen LogP contribution in [0.15, 0.2) is 38.4 Å². The number of para-hydroxylation sites is 2. The molecular formula is C22H25NO7S. The quantitative estimate of drug-likeness (QED) is 0.434. The van der Waals surface area contributed by atoms with Gasteiger partial charge in [-0.1, -0.05) is 19.1 Å². The van der Waals surface area contributed by atoms with Crippen LogP contribution < -0.4 is 14.9 Å². The maximum atomic E-state index is 13.3. The predicted molar refractivity (Wildman–Crippen MR) is 117 cm³/mol. The highest BCUT2D eigenvalue weighted by Gasteiger charge is 2.29. The zero-order valence-electron chi connectivity index (χ0n) is 17.4. The third-order valence-corrected chi connectivity index (χ3v) is 5.49. The Balaban J connectivity index is 1.81. The van der Waals surface area contributed by atoms with Gasteiger partial charge in [0.15, 0.2) is 22.8 Å². The van der Waals surface area contributed by atoms with Crippen LogP contribution in [-0.4, -0.2) is 63.6 Å². The Bertz CT molecular complexity index is 1040. The van der Waals surface area contributed by atoms with E-state index >= 15 is 0 Å². The SMILES string of the molecule is CCSc1c2oc3ccccc3nc-2c2c(c1=O)OCCOCCOCCOCCO2. The molecule has 0 atom stereocenters. The van der Waals surface area contributed by atoms with Crippen molar-refractivity contribution in [2.75, 3.05) is 58.6 Å². The van der Waals surface area contributed by atoms with Crippen LogP contribution in [0.3, 0.4) is 0 Å². The van der Waals surface area contributed by atoms with Crippen LogP contribution >= 0.6 is 11.8 Å². The molecule has 1 aliphatic carbocycles. The van der Waals surface area contributed by atoms with E-state index in [1.807, 2.05) is 31.2 Å². The maximum absolute atomic E-state index is 13.3. The largest absolute Gasteiger partial charge is 0.485 e. The topological polar surface area (TPSA) is 89.3 Å². The normalized spacial score (nSPS) is 16.7. The fourth-order valence-corrected chi connectivity index (χ4v) is 3.96. The van der Waals surface area contributed by atoms with Crippen molar-refractivity contribution in [2.24, 2.45) is 0 Å². The summed E-state index contributed by atoms with van der Waals surface area (Å²) >= 11 is 1.40. The summed E-state index contributed by atoms with van der Waals surface area (Å²) in [6.07, 6.45) is 0. The lowest BCUT2D eigenvalue weighted by atomic mass is 10.1. The van der Waals surface area contributed by atoms with Gasteiger partial charge in [-0.3, -0.25) is 4.79 Å². The Morgan fingerprint density at radius 1 is 0.871 bits per heavy atom. The van der Waals surface area contributed by atoms with Crippen molar-refractivity contribution in [1.82, 2.24) is 4.98 Å². The molecule has 4 rings (SSSR count). The second kappa shape index (κ2) is 10.8. The summed E-state index contributed by atoms with van der Waals surface area (Å²) in [5, 5.41) is 0. The number of fused-ring (bicyclic) bond motifs is 4. The first kappa shape index (κ1) is 21.9. The molecule has 0 spiro atoms. The van der Waals surface area contributed by atoms with E-state index in [2.05, 4.69) is 0 Å². The van der Waals surface area contributed by atoms with Gasteiger partial charge in [0, 0.05) is 0 Å².